The summed E-state index contributed by atoms with van der Waals surface area (Å²) in [5, 5.41) is 11.5. The molecule has 0 saturated heterocycles. The van der Waals surface area contributed by atoms with Crippen molar-refractivity contribution < 1.29 is 9.94 Å². The quantitative estimate of drug-likeness (QED) is 0.311. The van der Waals surface area contributed by atoms with Crippen LogP contribution in [0.3, 0.4) is 0 Å². The molecule has 0 rings (SSSR count). The van der Waals surface area contributed by atoms with Crippen LogP contribution in [0.25, 0.3) is 0 Å². The molecule has 0 aliphatic rings. The van der Waals surface area contributed by atoms with E-state index in [-0.39, 0.29) is 17.4 Å². The molecule has 0 aromatic heterocycles. The highest BCUT2D eigenvalue weighted by Gasteiger charge is 2.13. The Morgan fingerprint density at radius 1 is 1.50 bits per heavy atom. The fourth-order valence-electron chi connectivity index (χ4n) is 1.26. The van der Waals surface area contributed by atoms with Crippen molar-refractivity contribution in [2.75, 3.05) is 26.7 Å². The second-order valence-corrected chi connectivity index (χ2v) is 5.15. The highest BCUT2D eigenvalue weighted by Crippen LogP contribution is 2.06. The lowest BCUT2D eigenvalue weighted by molar-refractivity contribution is -0.0111. The van der Waals surface area contributed by atoms with Crippen LogP contribution in [0.2, 0.25) is 0 Å². The summed E-state index contributed by atoms with van der Waals surface area (Å²) in [6.07, 6.45) is 0. The van der Waals surface area contributed by atoms with Gasteiger partial charge in [-0.3, -0.25) is 0 Å². The first kappa shape index (κ1) is 15.2. The van der Waals surface area contributed by atoms with Crippen LogP contribution >= 0.6 is 0 Å². The fourth-order valence-corrected chi connectivity index (χ4v) is 1.26. The van der Waals surface area contributed by atoms with Gasteiger partial charge >= 0.3 is 0 Å². The van der Waals surface area contributed by atoms with Crippen LogP contribution < -0.4 is 5.73 Å². The van der Waals surface area contributed by atoms with Crippen LogP contribution in [0.15, 0.2) is 5.16 Å². The highest BCUT2D eigenvalue weighted by molar-refractivity contribution is 5.82. The molecule has 96 valence electrons. The number of nitrogens with zero attached hydrogens (tertiary/aromatic N) is 2. The van der Waals surface area contributed by atoms with Crippen LogP contribution in [0.4, 0.5) is 0 Å². The Morgan fingerprint density at radius 2 is 2.06 bits per heavy atom. The molecule has 0 heterocycles. The Kier molecular flexibility index (Phi) is 6.36. The van der Waals surface area contributed by atoms with Gasteiger partial charge in [-0.2, -0.15) is 0 Å². The van der Waals surface area contributed by atoms with Gasteiger partial charge in [-0.1, -0.05) is 12.1 Å². The zero-order valence-electron chi connectivity index (χ0n) is 11.0. The highest BCUT2D eigenvalue weighted by atomic mass is 16.5. The van der Waals surface area contributed by atoms with Gasteiger partial charge in [0.05, 0.1) is 12.2 Å². The molecule has 0 fully saturated rings. The second kappa shape index (κ2) is 6.70. The lowest BCUT2D eigenvalue weighted by atomic mass is 10.1. The van der Waals surface area contributed by atoms with E-state index >= 15 is 0 Å². The summed E-state index contributed by atoms with van der Waals surface area (Å²) in [5.41, 5.74) is 5.41. The predicted octanol–water partition coefficient (Wildman–Crippen LogP) is 1.12. The molecule has 0 aromatic carbocycles. The molecular formula is C11H25N3O2. The minimum absolute atomic E-state index is 0.0460. The van der Waals surface area contributed by atoms with Crippen LogP contribution in [0.5, 0.6) is 0 Å². The van der Waals surface area contributed by atoms with E-state index in [1.165, 1.54) is 0 Å². The molecule has 1 unspecified atom stereocenters. The Hall–Kier alpha value is -0.810. The average Bonchev–Trinajstić information content (AvgIpc) is 2.14. The van der Waals surface area contributed by atoms with Crippen molar-refractivity contribution in [2.45, 2.75) is 33.3 Å². The maximum absolute atomic E-state index is 8.52. The largest absolute Gasteiger partial charge is 0.409 e. The second-order valence-electron chi connectivity index (χ2n) is 5.15. The summed E-state index contributed by atoms with van der Waals surface area (Å²) in [4.78, 5) is 2.11. The number of hydrogen-bond donors (Lipinski definition) is 2. The minimum Gasteiger partial charge on any atom is -0.409 e. The van der Waals surface area contributed by atoms with Gasteiger partial charge in [-0.05, 0) is 27.8 Å². The van der Waals surface area contributed by atoms with Crippen molar-refractivity contribution in [3.63, 3.8) is 0 Å². The van der Waals surface area contributed by atoms with Crippen molar-refractivity contribution in [2.24, 2.45) is 16.8 Å². The van der Waals surface area contributed by atoms with Crippen LogP contribution in [-0.2, 0) is 4.74 Å². The summed E-state index contributed by atoms with van der Waals surface area (Å²) in [5.74, 6) is 0.313. The molecule has 0 aliphatic heterocycles. The van der Waals surface area contributed by atoms with Crippen molar-refractivity contribution in [1.29, 1.82) is 0 Å². The van der Waals surface area contributed by atoms with Crippen LogP contribution in [-0.4, -0.2) is 48.3 Å². The molecule has 0 bridgehead atoms. The Morgan fingerprint density at radius 3 is 2.50 bits per heavy atom. The van der Waals surface area contributed by atoms with E-state index in [1.54, 1.807) is 0 Å². The first-order chi connectivity index (χ1) is 7.26. The van der Waals surface area contributed by atoms with Gasteiger partial charge < -0.3 is 20.6 Å². The van der Waals surface area contributed by atoms with E-state index in [9.17, 15) is 0 Å². The number of hydrogen-bond acceptors (Lipinski definition) is 4. The number of likely N-dealkylation sites (N-methyl/N-ethyl adjacent to an activating group) is 1. The molecule has 0 radical (unpaired) electrons. The molecule has 0 aromatic rings. The van der Waals surface area contributed by atoms with Gasteiger partial charge in [0.15, 0.2) is 0 Å². The molecule has 0 aliphatic carbocycles. The maximum atomic E-state index is 8.52. The molecule has 0 spiro atoms. The Balaban J connectivity index is 3.79. The standard InChI is InChI=1S/C11H25N3O2/c1-9(10(12)13-15)8-14(5)6-7-16-11(2,3)4/h9,15H,6-8H2,1-5H3,(H2,12,13). The lowest BCUT2D eigenvalue weighted by Crippen LogP contribution is -2.35. The third-order valence-electron chi connectivity index (χ3n) is 2.21. The fraction of sp³-hybridized carbons (Fsp3) is 0.909. The first-order valence-corrected chi connectivity index (χ1v) is 5.56. The zero-order valence-corrected chi connectivity index (χ0v) is 11.0. The summed E-state index contributed by atoms with van der Waals surface area (Å²) < 4.78 is 5.62. The molecule has 0 amide bonds. The molecule has 5 nitrogen and oxygen atoms in total. The average molecular weight is 231 g/mol. The minimum atomic E-state index is -0.0992. The normalized spacial score (nSPS) is 15.5. The molecule has 3 N–H and O–H groups in total. The predicted molar refractivity (Wildman–Crippen MR) is 65.8 cm³/mol. The number of amidine groups is 1. The number of nitrogens with two attached hydrogens (primary N) is 1. The summed E-state index contributed by atoms with van der Waals surface area (Å²) in [6, 6.07) is 0. The van der Waals surface area contributed by atoms with Crippen molar-refractivity contribution in [3.8, 4) is 0 Å². The smallest absolute Gasteiger partial charge is 0.143 e. The van der Waals surface area contributed by atoms with E-state index in [2.05, 4.69) is 10.1 Å². The molecule has 16 heavy (non-hydrogen) atoms. The van der Waals surface area contributed by atoms with Crippen molar-refractivity contribution in [1.82, 2.24) is 4.90 Å². The van der Waals surface area contributed by atoms with Gasteiger partial charge in [0.2, 0.25) is 0 Å². The SMILES string of the molecule is CC(CN(C)CCOC(C)(C)C)C(N)=NO. The van der Waals surface area contributed by atoms with Gasteiger partial charge in [-0.15, -0.1) is 0 Å². The van der Waals surface area contributed by atoms with E-state index in [0.717, 1.165) is 13.1 Å². The van der Waals surface area contributed by atoms with Crippen molar-refractivity contribution in [3.05, 3.63) is 0 Å². The number of ether oxygens (including phenoxy) is 1. The van der Waals surface area contributed by atoms with Gasteiger partial charge in [0.25, 0.3) is 0 Å². The summed E-state index contributed by atoms with van der Waals surface area (Å²) in [7, 11) is 1.99. The summed E-state index contributed by atoms with van der Waals surface area (Å²) >= 11 is 0. The van der Waals surface area contributed by atoms with Gasteiger partial charge in [-0.25, -0.2) is 0 Å². The Labute approximate surface area is 98.2 Å². The lowest BCUT2D eigenvalue weighted by Gasteiger charge is -2.24. The van der Waals surface area contributed by atoms with Crippen LogP contribution in [0, 0.1) is 5.92 Å². The summed E-state index contributed by atoms with van der Waals surface area (Å²) in [6.45, 7) is 10.3. The first-order valence-electron chi connectivity index (χ1n) is 5.56. The topological polar surface area (TPSA) is 71.1 Å². The zero-order chi connectivity index (χ0) is 12.8. The maximum Gasteiger partial charge on any atom is 0.143 e. The molecule has 0 saturated carbocycles. The molecule has 5 heteroatoms. The number of rotatable bonds is 6. The van der Waals surface area contributed by atoms with Gasteiger partial charge in [0.1, 0.15) is 5.84 Å². The van der Waals surface area contributed by atoms with Crippen molar-refractivity contribution >= 4 is 5.84 Å². The third kappa shape index (κ3) is 7.48. The van der Waals surface area contributed by atoms with E-state index in [1.807, 2.05) is 34.7 Å². The van der Waals surface area contributed by atoms with Crippen LogP contribution in [0.1, 0.15) is 27.7 Å². The van der Waals surface area contributed by atoms with E-state index < -0.39 is 0 Å². The number of oxime groups is 1. The monoisotopic (exact) mass is 231 g/mol. The third-order valence-corrected chi connectivity index (χ3v) is 2.21. The molecule has 1 atom stereocenters. The van der Waals surface area contributed by atoms with Gasteiger partial charge in [0, 0.05) is 19.0 Å². The van der Waals surface area contributed by atoms with E-state index in [4.69, 9.17) is 15.7 Å². The Bertz CT molecular complexity index is 224. The molecular weight excluding hydrogens is 206 g/mol. The van der Waals surface area contributed by atoms with E-state index in [0.29, 0.717) is 6.61 Å².